The molecule has 1 fully saturated rings. The van der Waals surface area contributed by atoms with Gasteiger partial charge in [-0.15, -0.1) is 0 Å². The number of aromatic nitrogens is 4. The maximum atomic E-state index is 13.5. The van der Waals surface area contributed by atoms with E-state index in [1.807, 2.05) is 6.07 Å². The number of rotatable bonds is 8. The van der Waals surface area contributed by atoms with Crippen LogP contribution < -0.4 is 28.1 Å². The molecule has 0 aliphatic heterocycles. The van der Waals surface area contributed by atoms with E-state index in [1.54, 1.807) is 18.2 Å². The molecule has 2 aromatic heterocycles. The molecule has 1 aliphatic carbocycles. The van der Waals surface area contributed by atoms with Gasteiger partial charge < -0.3 is 22.5 Å². The van der Waals surface area contributed by atoms with Gasteiger partial charge in [-0.1, -0.05) is 17.7 Å². The molecule has 0 saturated heterocycles. The van der Waals surface area contributed by atoms with Crippen LogP contribution in [0.4, 0.5) is 17.6 Å². The van der Waals surface area contributed by atoms with Crippen molar-refractivity contribution in [1.82, 2.24) is 19.5 Å². The Morgan fingerprint density at radius 3 is 2.73 bits per heavy atom. The number of anilines is 3. The standard InChI is InChI=1S/C21H22ClN9O2/c22-12-3-1-4-13-15(12)20(33)31(8-2-5-14(24)32)19(27-13)16(10-6-7-10)28-18-11(9-23)17(25)29-21(26)30-18/h1,3-4,10,16H,2,5-8H2,(H2,24,32)(H5,25,26,28,29,30)/t16-/m0/s1. The Bertz CT molecular complexity index is 1340. The summed E-state index contributed by atoms with van der Waals surface area (Å²) in [5, 5.41) is 13.4. The summed E-state index contributed by atoms with van der Waals surface area (Å²) in [5.74, 6) is 0.170. The Kier molecular flexibility index (Phi) is 6.02. The van der Waals surface area contributed by atoms with Crippen LogP contribution in [0.1, 0.15) is 43.1 Å². The lowest BCUT2D eigenvalue weighted by Gasteiger charge is -2.23. The lowest BCUT2D eigenvalue weighted by atomic mass is 10.1. The van der Waals surface area contributed by atoms with Gasteiger partial charge in [-0.2, -0.15) is 15.2 Å². The van der Waals surface area contributed by atoms with Crippen LogP contribution in [0.15, 0.2) is 23.0 Å². The Morgan fingerprint density at radius 1 is 1.30 bits per heavy atom. The zero-order chi connectivity index (χ0) is 23.7. The second-order valence-corrected chi connectivity index (χ2v) is 8.30. The molecule has 0 spiro atoms. The second-order valence-electron chi connectivity index (χ2n) is 7.89. The third-order valence-electron chi connectivity index (χ3n) is 5.50. The number of hydrogen-bond acceptors (Lipinski definition) is 9. The zero-order valence-electron chi connectivity index (χ0n) is 17.6. The Labute approximate surface area is 193 Å². The average molecular weight is 468 g/mol. The fraction of sp³-hybridized carbons (Fsp3) is 0.333. The molecule has 2 heterocycles. The van der Waals surface area contributed by atoms with Gasteiger partial charge in [0.15, 0.2) is 5.82 Å². The summed E-state index contributed by atoms with van der Waals surface area (Å²) in [6, 6.07) is 6.59. The monoisotopic (exact) mass is 467 g/mol. The lowest BCUT2D eigenvalue weighted by Crippen LogP contribution is -2.31. The van der Waals surface area contributed by atoms with Crippen molar-refractivity contribution in [2.75, 3.05) is 16.8 Å². The van der Waals surface area contributed by atoms with Crippen LogP contribution in [0.25, 0.3) is 10.9 Å². The van der Waals surface area contributed by atoms with Gasteiger partial charge in [0, 0.05) is 13.0 Å². The van der Waals surface area contributed by atoms with E-state index in [-0.39, 0.29) is 47.6 Å². The van der Waals surface area contributed by atoms with Crippen molar-refractivity contribution in [3.05, 3.63) is 45.0 Å². The number of primary amides is 1. The number of nitrogens with one attached hydrogen (secondary N) is 1. The van der Waals surface area contributed by atoms with Gasteiger partial charge in [0.2, 0.25) is 11.9 Å². The predicted octanol–water partition coefficient (Wildman–Crippen LogP) is 1.70. The number of nitriles is 1. The highest BCUT2D eigenvalue weighted by Crippen LogP contribution is 2.43. The highest BCUT2D eigenvalue weighted by Gasteiger charge is 2.36. The third kappa shape index (κ3) is 4.51. The summed E-state index contributed by atoms with van der Waals surface area (Å²) in [5.41, 5.74) is 17.1. The first-order valence-corrected chi connectivity index (χ1v) is 10.7. The van der Waals surface area contributed by atoms with Gasteiger partial charge in [0.1, 0.15) is 23.3 Å². The van der Waals surface area contributed by atoms with E-state index in [9.17, 15) is 14.9 Å². The largest absolute Gasteiger partial charge is 0.382 e. The minimum atomic E-state index is -0.463. The van der Waals surface area contributed by atoms with Gasteiger partial charge in [0.05, 0.1) is 22.0 Å². The van der Waals surface area contributed by atoms with E-state index in [0.717, 1.165) is 12.8 Å². The first kappa shape index (κ1) is 22.3. The molecule has 0 radical (unpaired) electrons. The van der Waals surface area contributed by atoms with E-state index >= 15 is 0 Å². The molecule has 0 bridgehead atoms. The van der Waals surface area contributed by atoms with Crippen molar-refractivity contribution in [3.63, 3.8) is 0 Å². The summed E-state index contributed by atoms with van der Waals surface area (Å²) >= 11 is 6.31. The minimum Gasteiger partial charge on any atom is -0.382 e. The Balaban J connectivity index is 1.86. The molecule has 33 heavy (non-hydrogen) atoms. The first-order chi connectivity index (χ1) is 15.8. The summed E-state index contributed by atoms with van der Waals surface area (Å²) in [4.78, 5) is 37.5. The summed E-state index contributed by atoms with van der Waals surface area (Å²) in [6.45, 7) is 0.218. The van der Waals surface area contributed by atoms with Crippen LogP contribution in [0.5, 0.6) is 0 Å². The highest BCUT2D eigenvalue weighted by atomic mass is 35.5. The SMILES string of the molecule is N#Cc1c(N)nc(N)nc1N[C@H](c1nc2cccc(Cl)c2c(=O)n1CCCC(N)=O)C1CC1. The number of nitrogens with zero attached hydrogens (tertiary/aromatic N) is 5. The number of amides is 1. The molecule has 1 amide bonds. The fourth-order valence-electron chi connectivity index (χ4n) is 3.79. The van der Waals surface area contributed by atoms with Crippen LogP contribution >= 0.6 is 11.6 Å². The Morgan fingerprint density at radius 2 is 2.06 bits per heavy atom. The molecule has 3 aromatic rings. The number of nitrogen functional groups attached to an aromatic ring is 2. The van der Waals surface area contributed by atoms with Crippen molar-refractivity contribution in [2.24, 2.45) is 11.7 Å². The molecule has 11 nitrogen and oxygen atoms in total. The number of carbonyl (C=O) groups excluding carboxylic acids is 1. The maximum Gasteiger partial charge on any atom is 0.262 e. The molecule has 7 N–H and O–H groups in total. The van der Waals surface area contributed by atoms with Crippen molar-refractivity contribution >= 4 is 46.0 Å². The number of halogens is 1. The van der Waals surface area contributed by atoms with Gasteiger partial charge in [-0.25, -0.2) is 4.98 Å². The normalized spacial score (nSPS) is 14.1. The van der Waals surface area contributed by atoms with E-state index in [4.69, 9.17) is 33.8 Å². The van der Waals surface area contributed by atoms with Gasteiger partial charge >= 0.3 is 0 Å². The van der Waals surface area contributed by atoms with Crippen molar-refractivity contribution in [2.45, 2.75) is 38.3 Å². The summed E-state index contributed by atoms with van der Waals surface area (Å²) < 4.78 is 1.51. The minimum absolute atomic E-state index is 0.0425. The molecular weight excluding hydrogens is 446 g/mol. The second kappa shape index (κ2) is 8.91. The van der Waals surface area contributed by atoms with E-state index in [0.29, 0.717) is 28.2 Å². The number of carbonyl (C=O) groups is 1. The molecule has 12 heteroatoms. The van der Waals surface area contributed by atoms with E-state index in [2.05, 4.69) is 15.3 Å². The summed E-state index contributed by atoms with van der Waals surface area (Å²) in [6.07, 6.45) is 2.25. The Hall–Kier alpha value is -3.91. The molecular formula is C21H22ClN9O2. The molecule has 0 unspecified atom stereocenters. The molecule has 4 rings (SSSR count). The van der Waals surface area contributed by atoms with Crippen LogP contribution in [-0.4, -0.2) is 25.4 Å². The van der Waals surface area contributed by atoms with Crippen molar-refractivity contribution in [1.29, 1.82) is 5.26 Å². The van der Waals surface area contributed by atoms with Gasteiger partial charge in [-0.05, 0) is 37.3 Å². The topological polar surface area (TPSA) is 192 Å². The van der Waals surface area contributed by atoms with Crippen LogP contribution in [-0.2, 0) is 11.3 Å². The van der Waals surface area contributed by atoms with Gasteiger partial charge in [-0.3, -0.25) is 14.2 Å². The highest BCUT2D eigenvalue weighted by molar-refractivity contribution is 6.35. The summed E-state index contributed by atoms with van der Waals surface area (Å²) in [7, 11) is 0. The number of benzene rings is 1. The van der Waals surface area contributed by atoms with Crippen molar-refractivity contribution in [3.8, 4) is 6.07 Å². The predicted molar refractivity (Wildman–Crippen MR) is 124 cm³/mol. The first-order valence-electron chi connectivity index (χ1n) is 10.4. The van der Waals surface area contributed by atoms with Crippen LogP contribution in [0.3, 0.4) is 0 Å². The average Bonchev–Trinajstić information content (AvgIpc) is 3.58. The number of fused-ring (bicyclic) bond motifs is 1. The van der Waals surface area contributed by atoms with Crippen LogP contribution in [0.2, 0.25) is 5.02 Å². The third-order valence-corrected chi connectivity index (χ3v) is 5.81. The molecule has 1 saturated carbocycles. The lowest BCUT2D eigenvalue weighted by molar-refractivity contribution is -0.118. The van der Waals surface area contributed by atoms with Crippen molar-refractivity contribution < 1.29 is 4.79 Å². The molecule has 1 aromatic carbocycles. The van der Waals surface area contributed by atoms with E-state index in [1.165, 1.54) is 4.57 Å². The van der Waals surface area contributed by atoms with Crippen LogP contribution in [0, 0.1) is 17.2 Å². The van der Waals surface area contributed by atoms with E-state index < -0.39 is 11.9 Å². The fourth-order valence-corrected chi connectivity index (χ4v) is 4.04. The smallest absolute Gasteiger partial charge is 0.262 e. The maximum absolute atomic E-state index is 13.5. The number of nitrogens with two attached hydrogens (primary N) is 3. The number of hydrogen-bond donors (Lipinski definition) is 4. The van der Waals surface area contributed by atoms with Gasteiger partial charge in [0.25, 0.3) is 5.56 Å². The quantitative estimate of drug-likeness (QED) is 0.381. The molecule has 1 aliphatic rings. The zero-order valence-corrected chi connectivity index (χ0v) is 18.3. The molecule has 1 atom stereocenters. The molecule has 170 valence electrons.